The van der Waals surface area contributed by atoms with Gasteiger partial charge in [-0.3, -0.25) is 9.69 Å². The van der Waals surface area contributed by atoms with Gasteiger partial charge in [0.05, 0.1) is 22.3 Å². The highest BCUT2D eigenvalue weighted by molar-refractivity contribution is 6.40. The normalized spacial score (nSPS) is 18.5. The maximum absolute atomic E-state index is 12.3. The Morgan fingerprint density at radius 2 is 2.14 bits per heavy atom. The summed E-state index contributed by atoms with van der Waals surface area (Å²) in [7, 11) is 0. The largest absolute Gasteiger partial charge is 0.322 e. The Bertz CT molecular complexity index is 546. The summed E-state index contributed by atoms with van der Waals surface area (Å²) in [4.78, 5) is 14.5. The average molecular weight is 330 g/mol. The lowest BCUT2D eigenvalue weighted by molar-refractivity contribution is -0.119. The van der Waals surface area contributed by atoms with E-state index in [0.717, 1.165) is 25.2 Å². The van der Waals surface area contributed by atoms with Crippen LogP contribution in [-0.4, -0.2) is 42.5 Å². The quantitative estimate of drug-likeness (QED) is 0.896. The molecule has 0 bridgehead atoms. The van der Waals surface area contributed by atoms with E-state index in [0.29, 0.717) is 22.3 Å². The van der Waals surface area contributed by atoms with Gasteiger partial charge in [0.2, 0.25) is 5.91 Å². The molecule has 4 nitrogen and oxygen atoms in total. The Labute approximate surface area is 135 Å². The molecule has 1 fully saturated rings. The smallest absolute Gasteiger partial charge is 0.238 e. The van der Waals surface area contributed by atoms with E-state index in [1.165, 1.54) is 0 Å². The minimum Gasteiger partial charge on any atom is -0.322 e. The van der Waals surface area contributed by atoms with E-state index in [4.69, 9.17) is 23.2 Å². The Morgan fingerprint density at radius 3 is 2.81 bits per heavy atom. The lowest BCUT2D eigenvalue weighted by Gasteiger charge is -2.42. The zero-order valence-electron chi connectivity index (χ0n) is 12.6. The summed E-state index contributed by atoms with van der Waals surface area (Å²) in [5.41, 5.74) is 1.34. The third-order valence-electron chi connectivity index (χ3n) is 3.86. The molecule has 116 valence electrons. The molecule has 6 heteroatoms. The molecule has 1 amide bonds. The number of amides is 1. The first kappa shape index (κ1) is 16.6. The molecule has 0 spiro atoms. The van der Waals surface area contributed by atoms with Gasteiger partial charge in [-0.1, -0.05) is 29.3 Å². The van der Waals surface area contributed by atoms with Crippen LogP contribution in [0.25, 0.3) is 0 Å². The van der Waals surface area contributed by atoms with Crippen molar-refractivity contribution in [1.82, 2.24) is 10.2 Å². The number of benzene rings is 1. The van der Waals surface area contributed by atoms with Crippen molar-refractivity contribution < 1.29 is 4.79 Å². The summed E-state index contributed by atoms with van der Waals surface area (Å²) in [6.45, 7) is 9.06. The minimum absolute atomic E-state index is 0.0458. The van der Waals surface area contributed by atoms with Crippen LogP contribution in [0.3, 0.4) is 0 Å². The molecule has 0 unspecified atom stereocenters. The van der Waals surface area contributed by atoms with Gasteiger partial charge in [-0.25, -0.2) is 0 Å². The highest BCUT2D eigenvalue weighted by atomic mass is 35.5. The minimum atomic E-state index is -0.0978. The van der Waals surface area contributed by atoms with E-state index < -0.39 is 0 Å². The van der Waals surface area contributed by atoms with Gasteiger partial charge in [-0.15, -0.1) is 0 Å². The van der Waals surface area contributed by atoms with E-state index in [1.807, 2.05) is 13.0 Å². The molecule has 1 aliphatic rings. The summed E-state index contributed by atoms with van der Waals surface area (Å²) in [6, 6.07) is 3.58. The van der Waals surface area contributed by atoms with Gasteiger partial charge < -0.3 is 10.6 Å². The number of carbonyl (C=O) groups excluding carboxylic acids is 1. The van der Waals surface area contributed by atoms with Gasteiger partial charge in [-0.2, -0.15) is 0 Å². The van der Waals surface area contributed by atoms with E-state index in [1.54, 1.807) is 6.07 Å². The van der Waals surface area contributed by atoms with Gasteiger partial charge in [0.15, 0.2) is 0 Å². The Morgan fingerprint density at radius 1 is 1.43 bits per heavy atom. The fourth-order valence-electron chi connectivity index (χ4n) is 2.44. The Balaban J connectivity index is 2.07. The summed E-state index contributed by atoms with van der Waals surface area (Å²) in [6.07, 6.45) is 0. The zero-order valence-corrected chi connectivity index (χ0v) is 14.1. The van der Waals surface area contributed by atoms with Gasteiger partial charge in [0.1, 0.15) is 0 Å². The molecule has 0 saturated carbocycles. The van der Waals surface area contributed by atoms with Crippen LogP contribution >= 0.6 is 23.2 Å². The predicted octanol–water partition coefficient (Wildman–Crippen LogP) is 2.92. The molecule has 21 heavy (non-hydrogen) atoms. The number of hydrogen-bond acceptors (Lipinski definition) is 3. The molecular formula is C15H21Cl2N3O. The molecule has 2 N–H and O–H groups in total. The number of nitrogens with one attached hydrogen (secondary N) is 2. The lowest BCUT2D eigenvalue weighted by Crippen LogP contribution is -2.59. The van der Waals surface area contributed by atoms with Crippen molar-refractivity contribution in [3.63, 3.8) is 0 Å². The van der Waals surface area contributed by atoms with Gasteiger partial charge in [-0.05, 0) is 32.4 Å². The average Bonchev–Trinajstić information content (AvgIpc) is 2.41. The molecule has 0 aromatic heterocycles. The number of hydrogen-bond donors (Lipinski definition) is 2. The number of aryl methyl sites for hydroxylation is 1. The molecule has 1 saturated heterocycles. The maximum atomic E-state index is 12.3. The topological polar surface area (TPSA) is 44.4 Å². The monoisotopic (exact) mass is 329 g/mol. The van der Waals surface area contributed by atoms with Crippen LogP contribution in [0.5, 0.6) is 0 Å². The summed E-state index contributed by atoms with van der Waals surface area (Å²) < 4.78 is 0. The summed E-state index contributed by atoms with van der Waals surface area (Å²) in [5.74, 6) is -0.0978. The van der Waals surface area contributed by atoms with Crippen LogP contribution < -0.4 is 10.6 Å². The Hall–Kier alpha value is -0.810. The van der Waals surface area contributed by atoms with E-state index in [-0.39, 0.29) is 11.4 Å². The van der Waals surface area contributed by atoms with Crippen molar-refractivity contribution in [2.75, 3.05) is 31.5 Å². The number of piperazine rings is 1. The molecular weight excluding hydrogens is 309 g/mol. The molecule has 2 rings (SSSR count). The maximum Gasteiger partial charge on any atom is 0.238 e. The van der Waals surface area contributed by atoms with Crippen molar-refractivity contribution in [1.29, 1.82) is 0 Å². The van der Waals surface area contributed by atoms with E-state index in [9.17, 15) is 4.79 Å². The van der Waals surface area contributed by atoms with Crippen molar-refractivity contribution in [2.45, 2.75) is 26.3 Å². The van der Waals surface area contributed by atoms with Crippen molar-refractivity contribution in [2.24, 2.45) is 0 Å². The van der Waals surface area contributed by atoms with E-state index >= 15 is 0 Å². The van der Waals surface area contributed by atoms with E-state index in [2.05, 4.69) is 29.4 Å². The van der Waals surface area contributed by atoms with Gasteiger partial charge in [0.25, 0.3) is 0 Å². The van der Waals surface area contributed by atoms with Crippen LogP contribution in [0.1, 0.15) is 19.4 Å². The number of nitrogens with zero attached hydrogens (tertiary/aromatic N) is 1. The van der Waals surface area contributed by atoms with Crippen molar-refractivity contribution in [3.8, 4) is 0 Å². The molecule has 1 aliphatic heterocycles. The molecule has 1 aromatic carbocycles. The van der Waals surface area contributed by atoms with Crippen molar-refractivity contribution >= 4 is 34.8 Å². The first-order chi connectivity index (χ1) is 9.81. The first-order valence-corrected chi connectivity index (χ1v) is 7.77. The fraction of sp³-hybridized carbons (Fsp3) is 0.533. The third kappa shape index (κ3) is 3.89. The van der Waals surface area contributed by atoms with Crippen LogP contribution in [0.15, 0.2) is 12.1 Å². The highest BCUT2D eigenvalue weighted by Gasteiger charge is 2.30. The molecule has 0 aliphatic carbocycles. The molecule has 1 heterocycles. The SMILES string of the molecule is Cc1ccc(Cl)c(NC(=O)CN2CCNCC2(C)C)c1Cl. The number of anilines is 1. The summed E-state index contributed by atoms with van der Waals surface area (Å²) in [5, 5.41) is 7.13. The fourth-order valence-corrected chi connectivity index (χ4v) is 2.90. The Kier molecular flexibility index (Phi) is 5.15. The van der Waals surface area contributed by atoms with Gasteiger partial charge >= 0.3 is 0 Å². The highest BCUT2D eigenvalue weighted by Crippen LogP contribution is 2.32. The number of carbonyl (C=O) groups is 1. The zero-order chi connectivity index (χ0) is 15.6. The van der Waals surface area contributed by atoms with Crippen LogP contribution in [0.4, 0.5) is 5.69 Å². The number of halogens is 2. The molecule has 1 aromatic rings. The van der Waals surface area contributed by atoms with Crippen LogP contribution in [0.2, 0.25) is 10.0 Å². The predicted molar refractivity (Wildman–Crippen MR) is 88.4 cm³/mol. The van der Waals surface area contributed by atoms with Crippen molar-refractivity contribution in [3.05, 3.63) is 27.7 Å². The second-order valence-corrected chi connectivity index (χ2v) is 6.80. The molecule has 0 atom stereocenters. The lowest BCUT2D eigenvalue weighted by atomic mass is 10.0. The van der Waals surface area contributed by atoms with Crippen LogP contribution in [0, 0.1) is 6.92 Å². The standard InChI is InChI=1S/C15H21Cl2N3O/c1-10-4-5-11(16)14(13(10)17)19-12(21)8-20-7-6-18-9-15(20,2)3/h4-5,18H,6-9H2,1-3H3,(H,19,21). The summed E-state index contributed by atoms with van der Waals surface area (Å²) >= 11 is 12.3. The second-order valence-electron chi connectivity index (χ2n) is 6.01. The third-order valence-corrected chi connectivity index (χ3v) is 4.66. The number of rotatable bonds is 3. The van der Waals surface area contributed by atoms with Gasteiger partial charge in [0, 0.05) is 25.2 Å². The second kappa shape index (κ2) is 6.53. The van der Waals surface area contributed by atoms with Crippen LogP contribution in [-0.2, 0) is 4.79 Å². The molecule has 0 radical (unpaired) electrons. The first-order valence-electron chi connectivity index (χ1n) is 7.01.